The van der Waals surface area contributed by atoms with Crippen LogP contribution in [0, 0.1) is 17.0 Å². The summed E-state index contributed by atoms with van der Waals surface area (Å²) in [5, 5.41) is 14.4. The largest absolute Gasteiger partial charge is 0.410 e. The topological polar surface area (TPSA) is 108 Å². The Labute approximate surface area is 118 Å². The molecule has 0 aliphatic heterocycles. The number of nitro groups is 1. The summed E-state index contributed by atoms with van der Waals surface area (Å²) in [5.74, 6) is -0.798. The lowest BCUT2D eigenvalue weighted by molar-refractivity contribution is -0.392. The van der Waals surface area contributed by atoms with Gasteiger partial charge in [0, 0.05) is 16.4 Å². The van der Waals surface area contributed by atoms with Crippen LogP contribution < -0.4 is 0 Å². The molecule has 0 amide bonds. The van der Waals surface area contributed by atoms with Gasteiger partial charge in [-0.1, -0.05) is 6.07 Å². The molecule has 20 heavy (non-hydrogen) atoms. The van der Waals surface area contributed by atoms with Crippen LogP contribution in [0.15, 0.2) is 29.3 Å². The van der Waals surface area contributed by atoms with Gasteiger partial charge in [-0.2, -0.15) is 4.68 Å². The molecule has 0 aliphatic rings. The zero-order chi connectivity index (χ0) is 14.9. The Hall–Kier alpha value is -2.00. The lowest BCUT2D eigenvalue weighted by Crippen LogP contribution is -2.03. The highest BCUT2D eigenvalue weighted by Crippen LogP contribution is 2.25. The van der Waals surface area contributed by atoms with Gasteiger partial charge in [-0.25, -0.2) is 8.42 Å². The van der Waals surface area contributed by atoms with Crippen molar-refractivity contribution < 1.29 is 13.3 Å². The van der Waals surface area contributed by atoms with Crippen LogP contribution in [0.4, 0.5) is 5.82 Å². The third-order valence-corrected chi connectivity index (χ3v) is 3.73. The van der Waals surface area contributed by atoms with E-state index in [4.69, 9.17) is 10.7 Å². The smallest absolute Gasteiger partial charge is 0.358 e. The van der Waals surface area contributed by atoms with E-state index in [-0.39, 0.29) is 6.54 Å². The fourth-order valence-corrected chi connectivity index (χ4v) is 2.53. The quantitative estimate of drug-likeness (QED) is 0.480. The highest BCUT2D eigenvalue weighted by atomic mass is 35.7. The minimum Gasteiger partial charge on any atom is -0.358 e. The summed E-state index contributed by atoms with van der Waals surface area (Å²) in [7, 11) is 0.917. The van der Waals surface area contributed by atoms with E-state index in [1.807, 2.05) is 0 Å². The van der Waals surface area contributed by atoms with Gasteiger partial charge in [0.25, 0.3) is 9.05 Å². The minimum atomic E-state index is -4.23. The van der Waals surface area contributed by atoms with E-state index < -0.39 is 24.7 Å². The van der Waals surface area contributed by atoms with Crippen molar-refractivity contribution in [2.24, 2.45) is 0 Å². The molecule has 2 rings (SSSR count). The standard InChI is InChI=1S/C10H9ClN4O4S/c1-7-3-2-4-8(12-7)5-14-6-9(20(11,18)19)10(13-14)15(16)17/h2-4,6H,5H2,1H3. The third-order valence-electron chi connectivity index (χ3n) is 2.42. The summed E-state index contributed by atoms with van der Waals surface area (Å²) in [4.78, 5) is 13.5. The molecular formula is C10H9ClN4O4S. The van der Waals surface area contributed by atoms with Gasteiger partial charge in [-0.3, -0.25) is 4.98 Å². The molecule has 0 saturated carbocycles. The van der Waals surface area contributed by atoms with Crippen molar-refractivity contribution in [3.05, 3.63) is 45.9 Å². The molecule has 0 bridgehead atoms. The van der Waals surface area contributed by atoms with Crippen molar-refractivity contribution in [3.63, 3.8) is 0 Å². The van der Waals surface area contributed by atoms with Crippen molar-refractivity contribution in [2.45, 2.75) is 18.4 Å². The van der Waals surface area contributed by atoms with Crippen molar-refractivity contribution >= 4 is 25.6 Å². The number of hydrogen-bond donors (Lipinski definition) is 0. The molecule has 0 N–H and O–H groups in total. The first-order valence-electron chi connectivity index (χ1n) is 5.36. The summed E-state index contributed by atoms with van der Waals surface area (Å²) in [6.45, 7) is 1.90. The molecule has 2 aromatic rings. The molecule has 10 heteroatoms. The number of nitrogens with zero attached hydrogens (tertiary/aromatic N) is 4. The molecule has 0 unspecified atom stereocenters. The number of aryl methyl sites for hydroxylation is 1. The summed E-state index contributed by atoms with van der Waals surface area (Å²) in [5.41, 5.74) is 1.37. The zero-order valence-electron chi connectivity index (χ0n) is 10.2. The van der Waals surface area contributed by atoms with Gasteiger partial charge in [-0.15, -0.1) is 0 Å². The number of hydrogen-bond acceptors (Lipinski definition) is 6. The predicted octanol–water partition coefficient (Wildman–Crippen LogP) is 1.47. The first kappa shape index (κ1) is 14.4. The molecule has 2 heterocycles. The van der Waals surface area contributed by atoms with Crippen molar-refractivity contribution in [2.75, 3.05) is 0 Å². The van der Waals surface area contributed by atoms with Gasteiger partial charge < -0.3 is 10.1 Å². The normalized spacial score (nSPS) is 11.5. The number of pyridine rings is 1. The summed E-state index contributed by atoms with van der Waals surface area (Å²) in [6, 6.07) is 5.27. The molecule has 0 atom stereocenters. The highest BCUT2D eigenvalue weighted by Gasteiger charge is 2.29. The Kier molecular flexibility index (Phi) is 3.73. The maximum atomic E-state index is 11.3. The molecule has 0 fully saturated rings. The van der Waals surface area contributed by atoms with E-state index in [0.717, 1.165) is 16.6 Å². The Morgan fingerprint density at radius 2 is 2.15 bits per heavy atom. The van der Waals surface area contributed by atoms with Gasteiger partial charge in [0.15, 0.2) is 0 Å². The van der Waals surface area contributed by atoms with Crippen molar-refractivity contribution in [1.82, 2.24) is 14.8 Å². The fourth-order valence-electron chi connectivity index (χ4n) is 1.63. The van der Waals surface area contributed by atoms with E-state index in [1.165, 1.54) is 0 Å². The number of halogens is 1. The maximum Gasteiger partial charge on any atom is 0.410 e. The second-order valence-corrected chi connectivity index (χ2v) is 6.51. The van der Waals surface area contributed by atoms with E-state index in [9.17, 15) is 18.5 Å². The minimum absolute atomic E-state index is 0.106. The molecule has 8 nitrogen and oxygen atoms in total. The summed E-state index contributed by atoms with van der Waals surface area (Å²) < 4.78 is 23.7. The van der Waals surface area contributed by atoms with Crippen LogP contribution in [0.3, 0.4) is 0 Å². The summed E-state index contributed by atoms with van der Waals surface area (Å²) >= 11 is 0. The third kappa shape index (κ3) is 3.11. The van der Waals surface area contributed by atoms with E-state index in [0.29, 0.717) is 5.69 Å². The average molecular weight is 317 g/mol. The van der Waals surface area contributed by atoms with Gasteiger partial charge >= 0.3 is 5.82 Å². The van der Waals surface area contributed by atoms with Crippen LogP contribution in [0.1, 0.15) is 11.4 Å². The second kappa shape index (κ2) is 5.17. The summed E-state index contributed by atoms with van der Waals surface area (Å²) in [6.07, 6.45) is 1.02. The lowest BCUT2D eigenvalue weighted by atomic mass is 10.3. The SMILES string of the molecule is Cc1cccc(Cn2cc(S(=O)(=O)Cl)c([N+](=O)[O-])n2)n1. The van der Waals surface area contributed by atoms with Crippen LogP contribution in [0.2, 0.25) is 0 Å². The molecule has 0 spiro atoms. The van der Waals surface area contributed by atoms with E-state index >= 15 is 0 Å². The molecule has 0 aromatic carbocycles. The van der Waals surface area contributed by atoms with Crippen LogP contribution in [0.25, 0.3) is 0 Å². The van der Waals surface area contributed by atoms with Gasteiger partial charge in [0.05, 0.1) is 17.0 Å². The first-order valence-corrected chi connectivity index (χ1v) is 7.67. The van der Waals surface area contributed by atoms with Crippen LogP contribution in [0.5, 0.6) is 0 Å². The van der Waals surface area contributed by atoms with Crippen molar-refractivity contribution in [1.29, 1.82) is 0 Å². The van der Waals surface area contributed by atoms with E-state index in [1.54, 1.807) is 25.1 Å². The van der Waals surface area contributed by atoms with Crippen LogP contribution in [-0.4, -0.2) is 28.1 Å². The monoisotopic (exact) mass is 316 g/mol. The average Bonchev–Trinajstić information content (AvgIpc) is 2.73. The van der Waals surface area contributed by atoms with E-state index in [2.05, 4.69) is 10.1 Å². The lowest BCUT2D eigenvalue weighted by Gasteiger charge is -1.98. The van der Waals surface area contributed by atoms with Crippen LogP contribution >= 0.6 is 10.7 Å². The Balaban J connectivity index is 2.42. The van der Waals surface area contributed by atoms with Crippen LogP contribution in [-0.2, 0) is 15.6 Å². The Bertz CT molecular complexity index is 771. The Morgan fingerprint density at radius 1 is 1.45 bits per heavy atom. The number of aromatic nitrogens is 3. The second-order valence-electron chi connectivity index (χ2n) is 3.98. The molecule has 0 aliphatic carbocycles. The highest BCUT2D eigenvalue weighted by molar-refractivity contribution is 8.13. The maximum absolute atomic E-state index is 11.3. The number of rotatable bonds is 4. The zero-order valence-corrected chi connectivity index (χ0v) is 11.8. The predicted molar refractivity (Wildman–Crippen MR) is 70.0 cm³/mol. The molecule has 106 valence electrons. The van der Waals surface area contributed by atoms with Crippen molar-refractivity contribution in [3.8, 4) is 0 Å². The molecule has 0 saturated heterocycles. The molecule has 2 aromatic heterocycles. The van der Waals surface area contributed by atoms with Gasteiger partial charge in [0.1, 0.15) is 6.54 Å². The molecule has 0 radical (unpaired) electrons. The fraction of sp³-hybridized carbons (Fsp3) is 0.200. The Morgan fingerprint density at radius 3 is 2.65 bits per heavy atom. The first-order chi connectivity index (χ1) is 9.27. The van der Waals surface area contributed by atoms with Gasteiger partial charge in [-0.05, 0) is 24.0 Å². The molecular weight excluding hydrogens is 308 g/mol. The van der Waals surface area contributed by atoms with Gasteiger partial charge in [0.2, 0.25) is 4.90 Å².